The van der Waals surface area contributed by atoms with Gasteiger partial charge in [0.1, 0.15) is 0 Å². The molecule has 1 heterocycles. The summed E-state index contributed by atoms with van der Waals surface area (Å²) in [5.41, 5.74) is 0.277. The lowest BCUT2D eigenvalue weighted by Crippen LogP contribution is -2.62. The van der Waals surface area contributed by atoms with E-state index in [2.05, 4.69) is 20.8 Å². The molecule has 1 aliphatic heterocycles. The van der Waals surface area contributed by atoms with Gasteiger partial charge in [-0.2, -0.15) is 0 Å². The van der Waals surface area contributed by atoms with Gasteiger partial charge in [-0.3, -0.25) is 4.79 Å². The zero-order chi connectivity index (χ0) is 22.2. The SMILES string of the molecule is CC1CC2N(C)C(=O)CC[C@]2(C)[C@@H]2CC[C@]3(C)CC(S(=O)(=O)c4ccccc4)C[C@H]3[C@H]12. The van der Waals surface area contributed by atoms with Gasteiger partial charge in [-0.05, 0) is 85.2 Å². The Labute approximate surface area is 187 Å². The van der Waals surface area contributed by atoms with Gasteiger partial charge < -0.3 is 4.90 Å². The Morgan fingerprint density at radius 1 is 1.03 bits per heavy atom. The van der Waals surface area contributed by atoms with Crippen LogP contribution in [0, 0.1) is 34.5 Å². The number of fused-ring (bicyclic) bond motifs is 5. The van der Waals surface area contributed by atoms with Crippen LogP contribution in [-0.4, -0.2) is 37.6 Å². The number of carbonyl (C=O) groups is 1. The summed E-state index contributed by atoms with van der Waals surface area (Å²) in [6.07, 6.45) is 6.60. The second kappa shape index (κ2) is 7.07. The summed E-state index contributed by atoms with van der Waals surface area (Å²) < 4.78 is 27.0. The topological polar surface area (TPSA) is 54.5 Å². The van der Waals surface area contributed by atoms with Gasteiger partial charge >= 0.3 is 0 Å². The molecule has 4 nitrogen and oxygen atoms in total. The maximum absolute atomic E-state index is 13.5. The zero-order valence-electron chi connectivity index (χ0n) is 19.4. The van der Waals surface area contributed by atoms with Crippen LogP contribution in [0.2, 0.25) is 0 Å². The first-order valence-electron chi connectivity index (χ1n) is 12.1. The van der Waals surface area contributed by atoms with Crippen molar-refractivity contribution in [2.24, 2.45) is 34.5 Å². The van der Waals surface area contributed by atoms with Crippen molar-refractivity contribution in [3.8, 4) is 0 Å². The lowest BCUT2D eigenvalue weighted by Gasteiger charge is -2.63. The molecule has 4 aliphatic rings. The third-order valence-electron chi connectivity index (χ3n) is 10.2. The molecular formula is C26H37NO3S. The minimum Gasteiger partial charge on any atom is -0.342 e. The summed E-state index contributed by atoms with van der Waals surface area (Å²) in [6, 6.07) is 9.39. The molecule has 0 aromatic heterocycles. The Hall–Kier alpha value is -1.36. The lowest BCUT2D eigenvalue weighted by molar-refractivity contribution is -0.164. The molecule has 5 rings (SSSR count). The fourth-order valence-corrected chi connectivity index (χ4v) is 10.5. The molecule has 5 heteroatoms. The van der Waals surface area contributed by atoms with E-state index in [4.69, 9.17) is 0 Å². The molecule has 0 spiro atoms. The van der Waals surface area contributed by atoms with Gasteiger partial charge in [-0.25, -0.2) is 8.42 Å². The van der Waals surface area contributed by atoms with Crippen molar-refractivity contribution < 1.29 is 13.2 Å². The predicted molar refractivity (Wildman–Crippen MR) is 122 cm³/mol. The summed E-state index contributed by atoms with van der Waals surface area (Å²) >= 11 is 0. The van der Waals surface area contributed by atoms with Crippen molar-refractivity contribution in [1.82, 2.24) is 4.90 Å². The Bertz CT molecular complexity index is 976. The monoisotopic (exact) mass is 443 g/mol. The van der Waals surface area contributed by atoms with Gasteiger partial charge in [0.05, 0.1) is 10.1 Å². The van der Waals surface area contributed by atoms with Crippen molar-refractivity contribution in [3.05, 3.63) is 30.3 Å². The van der Waals surface area contributed by atoms with Crippen molar-refractivity contribution in [2.45, 2.75) is 81.9 Å². The van der Waals surface area contributed by atoms with E-state index >= 15 is 0 Å². The number of sulfone groups is 1. The Kier molecular flexibility index (Phi) is 4.90. The molecular weight excluding hydrogens is 406 g/mol. The first-order valence-corrected chi connectivity index (χ1v) is 13.7. The number of rotatable bonds is 2. The van der Waals surface area contributed by atoms with Crippen molar-refractivity contribution >= 4 is 15.7 Å². The fraction of sp³-hybridized carbons (Fsp3) is 0.731. The van der Waals surface area contributed by atoms with Crippen LogP contribution in [0.5, 0.6) is 0 Å². The summed E-state index contributed by atoms with van der Waals surface area (Å²) in [4.78, 5) is 15.0. The predicted octanol–water partition coefficient (Wildman–Crippen LogP) is 4.94. The largest absolute Gasteiger partial charge is 0.342 e. The number of likely N-dealkylation sites (tertiary alicyclic amines) is 1. The molecule has 3 aliphatic carbocycles. The lowest BCUT2D eigenvalue weighted by atomic mass is 9.45. The number of amides is 1. The van der Waals surface area contributed by atoms with Gasteiger partial charge in [-0.1, -0.05) is 39.0 Å². The number of hydrogen-bond acceptors (Lipinski definition) is 3. The van der Waals surface area contributed by atoms with E-state index in [-0.39, 0.29) is 16.1 Å². The van der Waals surface area contributed by atoms with Gasteiger partial charge in [0.2, 0.25) is 5.91 Å². The molecule has 3 saturated carbocycles. The zero-order valence-corrected chi connectivity index (χ0v) is 20.2. The third-order valence-corrected chi connectivity index (χ3v) is 12.3. The van der Waals surface area contributed by atoms with Gasteiger partial charge in [0.15, 0.2) is 9.84 Å². The molecule has 0 radical (unpaired) electrons. The standard InChI is InChI=1S/C26H37NO3S/c1-17-14-22-26(3,13-11-23(28)27(22)4)20-10-12-25(2)16-19(15-21(25)24(17)20)31(29,30)18-8-6-5-7-9-18/h5-9,17,19-22,24H,10-16H2,1-4H3/t17?,19?,20-,21+,22?,24-,25-,26-/m1/s1. The molecule has 3 unspecified atom stereocenters. The van der Waals surface area contributed by atoms with Crippen LogP contribution < -0.4 is 0 Å². The van der Waals surface area contributed by atoms with Gasteiger partial charge in [-0.15, -0.1) is 0 Å². The quantitative estimate of drug-likeness (QED) is 0.651. The number of benzene rings is 1. The van der Waals surface area contributed by atoms with E-state index in [1.807, 2.05) is 30.1 Å². The third kappa shape index (κ3) is 3.05. The van der Waals surface area contributed by atoms with E-state index in [0.717, 1.165) is 32.1 Å². The van der Waals surface area contributed by atoms with Gasteiger partial charge in [0, 0.05) is 19.5 Å². The average molecular weight is 444 g/mol. The summed E-state index contributed by atoms with van der Waals surface area (Å²) in [5, 5.41) is -0.267. The summed E-state index contributed by atoms with van der Waals surface area (Å²) in [7, 11) is -1.30. The molecule has 0 bridgehead atoms. The highest BCUT2D eigenvalue weighted by Gasteiger charge is 2.63. The smallest absolute Gasteiger partial charge is 0.222 e. The normalized spacial score (nSPS) is 45.0. The van der Waals surface area contributed by atoms with E-state index < -0.39 is 9.84 Å². The fourth-order valence-electron chi connectivity index (χ4n) is 8.50. The molecule has 170 valence electrons. The number of nitrogens with zero attached hydrogens (tertiary/aromatic N) is 1. The second-order valence-electron chi connectivity index (χ2n) is 11.6. The van der Waals surface area contributed by atoms with Crippen LogP contribution in [-0.2, 0) is 14.6 Å². The molecule has 4 fully saturated rings. The highest BCUT2D eigenvalue weighted by Crippen LogP contribution is 2.66. The minimum atomic E-state index is -3.30. The molecule has 1 aromatic carbocycles. The number of carbonyl (C=O) groups excluding carboxylic acids is 1. The van der Waals surface area contributed by atoms with Crippen LogP contribution in [0.1, 0.15) is 65.7 Å². The highest BCUT2D eigenvalue weighted by atomic mass is 32.2. The van der Waals surface area contributed by atoms with Crippen molar-refractivity contribution in [3.63, 3.8) is 0 Å². The Morgan fingerprint density at radius 3 is 2.45 bits per heavy atom. The first kappa shape index (κ1) is 21.5. The van der Waals surface area contributed by atoms with Gasteiger partial charge in [0.25, 0.3) is 0 Å². The number of piperidine rings is 1. The second-order valence-corrected chi connectivity index (χ2v) is 13.9. The first-order chi connectivity index (χ1) is 14.6. The van der Waals surface area contributed by atoms with E-state index in [0.29, 0.717) is 46.9 Å². The van der Waals surface area contributed by atoms with E-state index in [9.17, 15) is 13.2 Å². The van der Waals surface area contributed by atoms with E-state index in [1.54, 1.807) is 12.1 Å². The molecule has 31 heavy (non-hydrogen) atoms. The van der Waals surface area contributed by atoms with Crippen LogP contribution in [0.15, 0.2) is 35.2 Å². The number of hydrogen-bond donors (Lipinski definition) is 0. The Morgan fingerprint density at radius 2 is 1.74 bits per heavy atom. The minimum absolute atomic E-state index is 0.113. The van der Waals surface area contributed by atoms with Crippen molar-refractivity contribution in [2.75, 3.05) is 7.05 Å². The van der Waals surface area contributed by atoms with E-state index in [1.165, 1.54) is 6.42 Å². The molecule has 8 atom stereocenters. The molecule has 0 N–H and O–H groups in total. The van der Waals surface area contributed by atoms with Crippen molar-refractivity contribution in [1.29, 1.82) is 0 Å². The average Bonchev–Trinajstić information content (AvgIpc) is 3.12. The highest BCUT2D eigenvalue weighted by molar-refractivity contribution is 7.92. The maximum atomic E-state index is 13.5. The van der Waals surface area contributed by atoms with Crippen LogP contribution >= 0.6 is 0 Å². The molecule has 1 aromatic rings. The summed E-state index contributed by atoms with van der Waals surface area (Å²) in [5.74, 6) is 2.44. The summed E-state index contributed by atoms with van der Waals surface area (Å²) in [6.45, 7) is 7.17. The van der Waals surface area contributed by atoms with Crippen LogP contribution in [0.25, 0.3) is 0 Å². The molecule has 1 saturated heterocycles. The molecule has 1 amide bonds. The van der Waals surface area contributed by atoms with Crippen LogP contribution in [0.4, 0.5) is 0 Å². The Balaban J connectivity index is 1.47. The van der Waals surface area contributed by atoms with Crippen LogP contribution in [0.3, 0.4) is 0 Å². The maximum Gasteiger partial charge on any atom is 0.222 e.